The average Bonchev–Trinajstić information content (AvgIpc) is 2.97. The molecule has 0 aromatic carbocycles. The van der Waals surface area contributed by atoms with Crippen LogP contribution in [0.3, 0.4) is 0 Å². The lowest BCUT2D eigenvalue weighted by molar-refractivity contribution is -0.179. The molecule has 0 saturated heterocycles. The highest BCUT2D eigenvalue weighted by Gasteiger charge is 2.62. The number of aliphatic hydroxyl groups excluding tert-OH is 1. The van der Waals surface area contributed by atoms with Gasteiger partial charge in [-0.3, -0.25) is 0 Å². The van der Waals surface area contributed by atoms with Crippen molar-refractivity contribution < 1.29 is 14.9 Å². The Morgan fingerprint density at radius 1 is 1.00 bits per heavy atom. The zero-order valence-corrected chi connectivity index (χ0v) is 18.0. The monoisotopic (exact) mass is 378 g/mol. The minimum Gasteiger partial charge on any atom is -0.393 e. The normalized spacial score (nSPS) is 53.3. The van der Waals surface area contributed by atoms with Gasteiger partial charge in [0.05, 0.1) is 18.3 Å². The first-order valence-electron chi connectivity index (χ1n) is 11.7. The Morgan fingerprint density at radius 2 is 1.78 bits per heavy atom. The summed E-state index contributed by atoms with van der Waals surface area (Å²) in [6, 6.07) is 0. The molecule has 4 aliphatic carbocycles. The third kappa shape index (κ3) is 3.11. The highest BCUT2D eigenvalue weighted by Crippen LogP contribution is 2.68. The van der Waals surface area contributed by atoms with Gasteiger partial charge in [-0.05, 0) is 119 Å². The maximum absolute atomic E-state index is 10.8. The molecule has 156 valence electrons. The largest absolute Gasteiger partial charge is 0.393 e. The van der Waals surface area contributed by atoms with E-state index >= 15 is 0 Å². The van der Waals surface area contributed by atoms with Crippen LogP contribution in [0.15, 0.2) is 0 Å². The topological polar surface area (TPSA) is 49.7 Å². The molecule has 0 aliphatic heterocycles. The Morgan fingerprint density at radius 3 is 2.48 bits per heavy atom. The van der Waals surface area contributed by atoms with Crippen LogP contribution in [-0.2, 0) is 4.74 Å². The van der Waals surface area contributed by atoms with Gasteiger partial charge in [0, 0.05) is 6.61 Å². The quantitative estimate of drug-likeness (QED) is 0.739. The smallest absolute Gasteiger partial charge is 0.0622 e. The number of ether oxygens (including phenoxy) is 1. The van der Waals surface area contributed by atoms with Crippen LogP contribution >= 0.6 is 0 Å². The van der Waals surface area contributed by atoms with E-state index in [2.05, 4.69) is 13.8 Å². The van der Waals surface area contributed by atoms with Gasteiger partial charge in [0.25, 0.3) is 0 Å². The lowest BCUT2D eigenvalue weighted by Crippen LogP contribution is -2.58. The van der Waals surface area contributed by atoms with Crippen molar-refractivity contribution in [3.8, 4) is 0 Å². The minimum atomic E-state index is -0.485. The second kappa shape index (κ2) is 6.99. The number of fused-ring (bicyclic) bond motifs is 5. The summed E-state index contributed by atoms with van der Waals surface area (Å²) in [5.41, 5.74) is 0.127. The Bertz CT molecular complexity index is 544. The standard InChI is InChI=1S/C24H42O3/c1-5-27-15-24-13-12-22(3,26)14-17(24)6-7-18-20-9-8-19(16(2)25)23(20,4)11-10-21(18)24/h16-21,25-26H,5-15H2,1-4H3/t16?,17-,18-,19+,20-,21-,22+,23+,24+/m0/s1. The van der Waals surface area contributed by atoms with Crippen LogP contribution in [-0.4, -0.2) is 35.1 Å². The Labute approximate surface area is 166 Å². The van der Waals surface area contributed by atoms with Gasteiger partial charge in [0.15, 0.2) is 0 Å². The van der Waals surface area contributed by atoms with Crippen LogP contribution in [0, 0.1) is 40.4 Å². The first-order chi connectivity index (χ1) is 12.7. The summed E-state index contributed by atoms with van der Waals surface area (Å²) in [5.74, 6) is 3.43. The molecule has 27 heavy (non-hydrogen) atoms. The number of rotatable bonds is 4. The summed E-state index contributed by atoms with van der Waals surface area (Å²) in [6.07, 6.45) is 10.5. The predicted molar refractivity (Wildman–Crippen MR) is 108 cm³/mol. The average molecular weight is 379 g/mol. The summed E-state index contributed by atoms with van der Waals surface area (Å²) in [5, 5.41) is 21.2. The highest BCUT2D eigenvalue weighted by atomic mass is 16.5. The number of hydrogen-bond donors (Lipinski definition) is 2. The van der Waals surface area contributed by atoms with Crippen LogP contribution < -0.4 is 0 Å². The molecule has 4 fully saturated rings. The maximum atomic E-state index is 10.8. The van der Waals surface area contributed by atoms with Crippen molar-refractivity contribution in [2.24, 2.45) is 40.4 Å². The third-order valence-electron chi connectivity index (χ3n) is 9.88. The molecule has 4 aliphatic rings. The van der Waals surface area contributed by atoms with Gasteiger partial charge in [-0.1, -0.05) is 6.92 Å². The van der Waals surface area contributed by atoms with Crippen molar-refractivity contribution in [1.29, 1.82) is 0 Å². The van der Waals surface area contributed by atoms with Crippen LogP contribution in [0.1, 0.15) is 85.5 Å². The van der Waals surface area contributed by atoms with Crippen molar-refractivity contribution in [3.63, 3.8) is 0 Å². The molecule has 0 amide bonds. The Balaban J connectivity index is 1.63. The first kappa shape index (κ1) is 20.2. The fraction of sp³-hybridized carbons (Fsp3) is 1.00. The molecule has 4 rings (SSSR count). The van der Waals surface area contributed by atoms with Crippen molar-refractivity contribution in [2.75, 3.05) is 13.2 Å². The predicted octanol–water partition coefficient (Wildman–Crippen LogP) is 4.79. The lowest BCUT2D eigenvalue weighted by atomic mass is 9.43. The zero-order valence-electron chi connectivity index (χ0n) is 18.0. The molecule has 4 saturated carbocycles. The van der Waals surface area contributed by atoms with E-state index in [9.17, 15) is 10.2 Å². The minimum absolute atomic E-state index is 0.171. The van der Waals surface area contributed by atoms with Gasteiger partial charge >= 0.3 is 0 Å². The van der Waals surface area contributed by atoms with Crippen molar-refractivity contribution in [2.45, 2.75) is 97.2 Å². The van der Waals surface area contributed by atoms with E-state index in [1.807, 2.05) is 13.8 Å². The Kier molecular flexibility index (Phi) is 5.22. The van der Waals surface area contributed by atoms with Gasteiger partial charge in [0.1, 0.15) is 0 Å². The molecular weight excluding hydrogens is 336 g/mol. The number of hydrogen-bond acceptors (Lipinski definition) is 3. The molecule has 0 bridgehead atoms. The van der Waals surface area contributed by atoms with Crippen molar-refractivity contribution in [3.05, 3.63) is 0 Å². The van der Waals surface area contributed by atoms with Crippen molar-refractivity contribution in [1.82, 2.24) is 0 Å². The van der Waals surface area contributed by atoms with Crippen molar-refractivity contribution >= 4 is 0 Å². The van der Waals surface area contributed by atoms with E-state index < -0.39 is 5.60 Å². The SMILES string of the molecule is CCOC[C@]12CC[C@@](C)(O)C[C@@H]1CC[C@H]1[C@@H]3CC[C@H](C(C)O)[C@@]3(C)CC[C@@H]12. The van der Waals surface area contributed by atoms with Gasteiger partial charge in [-0.25, -0.2) is 0 Å². The van der Waals surface area contributed by atoms with E-state index in [1.54, 1.807) is 0 Å². The fourth-order valence-electron chi connectivity index (χ4n) is 8.64. The summed E-state index contributed by atoms with van der Waals surface area (Å²) in [6.45, 7) is 10.4. The third-order valence-corrected chi connectivity index (χ3v) is 9.88. The van der Waals surface area contributed by atoms with E-state index in [-0.39, 0.29) is 11.5 Å². The van der Waals surface area contributed by atoms with E-state index in [1.165, 1.54) is 38.5 Å². The second-order valence-electron chi connectivity index (χ2n) is 11.2. The molecule has 3 nitrogen and oxygen atoms in total. The summed E-state index contributed by atoms with van der Waals surface area (Å²) >= 11 is 0. The van der Waals surface area contributed by atoms with E-state index in [4.69, 9.17) is 4.74 Å². The summed E-state index contributed by atoms with van der Waals surface area (Å²) in [7, 11) is 0. The van der Waals surface area contributed by atoms with Gasteiger partial charge < -0.3 is 14.9 Å². The fourth-order valence-corrected chi connectivity index (χ4v) is 8.64. The van der Waals surface area contributed by atoms with Crippen LogP contribution in [0.2, 0.25) is 0 Å². The molecule has 3 heteroatoms. The molecule has 1 unspecified atom stereocenters. The van der Waals surface area contributed by atoms with Gasteiger partial charge in [-0.2, -0.15) is 0 Å². The molecule has 0 radical (unpaired) electrons. The highest BCUT2D eigenvalue weighted by molar-refractivity contribution is 5.11. The molecule has 9 atom stereocenters. The van der Waals surface area contributed by atoms with Crippen LogP contribution in [0.25, 0.3) is 0 Å². The van der Waals surface area contributed by atoms with Gasteiger partial charge in [-0.15, -0.1) is 0 Å². The molecule has 0 spiro atoms. The van der Waals surface area contributed by atoms with Crippen LogP contribution in [0.5, 0.6) is 0 Å². The summed E-state index contributed by atoms with van der Waals surface area (Å²) in [4.78, 5) is 0. The maximum Gasteiger partial charge on any atom is 0.0622 e. The van der Waals surface area contributed by atoms with Crippen LogP contribution in [0.4, 0.5) is 0 Å². The number of aliphatic hydroxyl groups is 2. The molecule has 0 heterocycles. The molecule has 0 aromatic rings. The summed E-state index contributed by atoms with van der Waals surface area (Å²) < 4.78 is 6.12. The second-order valence-corrected chi connectivity index (χ2v) is 11.2. The van der Waals surface area contributed by atoms with E-state index in [0.717, 1.165) is 50.2 Å². The zero-order chi connectivity index (χ0) is 19.4. The van der Waals surface area contributed by atoms with Gasteiger partial charge in [0.2, 0.25) is 0 Å². The Hall–Kier alpha value is -0.120. The first-order valence-corrected chi connectivity index (χ1v) is 11.7. The van der Waals surface area contributed by atoms with E-state index in [0.29, 0.717) is 17.3 Å². The molecule has 0 aromatic heterocycles. The molecule has 2 N–H and O–H groups in total. The molecular formula is C24H42O3. The lowest BCUT2D eigenvalue weighted by Gasteiger charge is -2.62.